The lowest BCUT2D eigenvalue weighted by molar-refractivity contribution is -0.144. The van der Waals surface area contributed by atoms with Crippen LogP contribution in [-0.4, -0.2) is 60.1 Å². The van der Waals surface area contributed by atoms with Crippen LogP contribution in [0.2, 0.25) is 0 Å². The summed E-state index contributed by atoms with van der Waals surface area (Å²) in [5.74, 6) is -1.26. The van der Waals surface area contributed by atoms with Gasteiger partial charge < -0.3 is 25.0 Å². The Morgan fingerprint density at radius 3 is 2.42 bits per heavy atom. The zero-order valence-corrected chi connectivity index (χ0v) is 23.8. The molecule has 1 rings (SSSR count). The Morgan fingerprint density at radius 1 is 1.11 bits per heavy atom. The van der Waals surface area contributed by atoms with E-state index in [1.807, 2.05) is 6.07 Å². The van der Waals surface area contributed by atoms with Gasteiger partial charge in [-0.15, -0.1) is 0 Å². The maximum Gasteiger partial charge on any atom is 0.408 e. The highest BCUT2D eigenvalue weighted by molar-refractivity contribution is 5.92. The summed E-state index contributed by atoms with van der Waals surface area (Å²) in [4.78, 5) is 52.9. The van der Waals surface area contributed by atoms with Crippen molar-refractivity contribution in [3.8, 4) is 0 Å². The molecule has 9 nitrogen and oxygen atoms in total. The molecule has 1 aromatic carbocycles. The first-order chi connectivity index (χ1) is 17.9. The van der Waals surface area contributed by atoms with E-state index in [1.54, 1.807) is 58.9 Å². The third-order valence-electron chi connectivity index (χ3n) is 5.60. The molecule has 9 heteroatoms. The molecule has 0 aliphatic heterocycles. The van der Waals surface area contributed by atoms with E-state index in [1.165, 1.54) is 4.90 Å². The Bertz CT molecular complexity index is 940. The molecule has 0 aliphatic carbocycles. The molecule has 0 aliphatic rings. The van der Waals surface area contributed by atoms with Crippen LogP contribution in [0.5, 0.6) is 0 Å². The van der Waals surface area contributed by atoms with Gasteiger partial charge in [0.1, 0.15) is 17.7 Å². The zero-order chi connectivity index (χ0) is 28.7. The van der Waals surface area contributed by atoms with E-state index in [9.17, 15) is 19.2 Å². The van der Waals surface area contributed by atoms with Gasteiger partial charge in [0.05, 0.1) is 13.0 Å². The molecule has 0 spiro atoms. The monoisotopic (exact) mass is 531 g/mol. The van der Waals surface area contributed by atoms with Crippen LogP contribution in [0.3, 0.4) is 0 Å². The molecule has 2 unspecified atom stereocenters. The van der Waals surface area contributed by atoms with Crippen LogP contribution < -0.4 is 10.6 Å². The van der Waals surface area contributed by atoms with Gasteiger partial charge in [0.25, 0.3) is 0 Å². The van der Waals surface area contributed by atoms with Crippen molar-refractivity contribution in [2.45, 2.75) is 91.3 Å². The van der Waals surface area contributed by atoms with Crippen LogP contribution in [-0.2, 0) is 23.9 Å². The van der Waals surface area contributed by atoms with E-state index in [-0.39, 0.29) is 19.6 Å². The number of carbonyl (C=O) groups is 4. The van der Waals surface area contributed by atoms with Crippen molar-refractivity contribution < 1.29 is 28.7 Å². The number of amides is 3. The van der Waals surface area contributed by atoms with Crippen LogP contribution in [0.25, 0.3) is 6.08 Å². The number of alkyl carbamates (subject to hydrolysis) is 1. The predicted octanol–water partition coefficient (Wildman–Crippen LogP) is 4.76. The molecule has 2 N–H and O–H groups in total. The van der Waals surface area contributed by atoms with Gasteiger partial charge in [0.2, 0.25) is 11.8 Å². The summed E-state index contributed by atoms with van der Waals surface area (Å²) in [5, 5.41) is 5.38. The maximum absolute atomic E-state index is 13.7. The summed E-state index contributed by atoms with van der Waals surface area (Å²) in [6.45, 7) is 15.0. The number of rotatable bonds is 15. The third kappa shape index (κ3) is 11.8. The van der Waals surface area contributed by atoms with E-state index in [2.05, 4.69) is 24.1 Å². The fraction of sp³-hybridized carbons (Fsp3) is 0.586. The minimum atomic E-state index is -0.978. The average Bonchev–Trinajstić information content (AvgIpc) is 2.84. The molecule has 2 atom stereocenters. The van der Waals surface area contributed by atoms with E-state index >= 15 is 0 Å². The maximum atomic E-state index is 13.7. The number of hydrogen-bond donors (Lipinski definition) is 2. The summed E-state index contributed by atoms with van der Waals surface area (Å²) in [7, 11) is 0. The topological polar surface area (TPSA) is 114 Å². The molecular formula is C29H45N3O6. The summed E-state index contributed by atoms with van der Waals surface area (Å²) in [5.41, 5.74) is 0.675. The smallest absolute Gasteiger partial charge is 0.408 e. The zero-order valence-electron chi connectivity index (χ0n) is 23.8. The quantitative estimate of drug-likeness (QED) is 0.249. The van der Waals surface area contributed by atoms with E-state index in [0.717, 1.165) is 24.8 Å². The second kappa shape index (κ2) is 16.5. The van der Waals surface area contributed by atoms with Gasteiger partial charge in [-0.25, -0.2) is 4.79 Å². The Balaban J connectivity index is 3.31. The molecule has 0 aromatic heterocycles. The molecule has 38 heavy (non-hydrogen) atoms. The van der Waals surface area contributed by atoms with Crippen LogP contribution in [0.15, 0.2) is 30.8 Å². The Kier molecular flexibility index (Phi) is 14.2. The minimum Gasteiger partial charge on any atom is -0.466 e. The lowest BCUT2D eigenvalue weighted by Gasteiger charge is -2.34. The fourth-order valence-electron chi connectivity index (χ4n) is 3.82. The largest absolute Gasteiger partial charge is 0.466 e. The number of carbonyl (C=O) groups excluding carboxylic acids is 4. The van der Waals surface area contributed by atoms with Crippen molar-refractivity contribution in [3.05, 3.63) is 42.0 Å². The summed E-state index contributed by atoms with van der Waals surface area (Å²) in [6, 6.07) is 5.32. The lowest BCUT2D eigenvalue weighted by atomic mass is 10.00. The second-order valence-corrected chi connectivity index (χ2v) is 10.1. The van der Waals surface area contributed by atoms with E-state index in [0.29, 0.717) is 18.5 Å². The molecule has 0 saturated heterocycles. The Hall–Kier alpha value is -3.36. The molecule has 0 heterocycles. The highest BCUT2D eigenvalue weighted by atomic mass is 16.6. The highest BCUT2D eigenvalue weighted by Gasteiger charge is 2.34. The van der Waals surface area contributed by atoms with Gasteiger partial charge in [-0.3, -0.25) is 14.4 Å². The minimum absolute atomic E-state index is 0.0139. The number of unbranched alkanes of at least 4 members (excludes halogenated alkanes) is 3. The van der Waals surface area contributed by atoms with Gasteiger partial charge >= 0.3 is 12.1 Å². The molecule has 0 bridgehead atoms. The first-order valence-corrected chi connectivity index (χ1v) is 13.4. The SMILES string of the molecule is C=Cc1cccc(C(C(=O)NCCC(=O)OCC)N(CCCCCC)C(=O)C(C)NC(=O)OC(C)(C)C)c1. The van der Waals surface area contributed by atoms with Crippen LogP contribution >= 0.6 is 0 Å². The second-order valence-electron chi connectivity index (χ2n) is 10.1. The van der Waals surface area contributed by atoms with E-state index in [4.69, 9.17) is 9.47 Å². The molecule has 3 amide bonds. The van der Waals surface area contributed by atoms with Gasteiger partial charge in [-0.05, 0) is 58.2 Å². The fourth-order valence-corrected chi connectivity index (χ4v) is 3.82. The number of nitrogens with zero attached hydrogens (tertiary/aromatic N) is 1. The molecule has 1 aromatic rings. The number of nitrogens with one attached hydrogen (secondary N) is 2. The Morgan fingerprint density at radius 2 is 1.82 bits per heavy atom. The predicted molar refractivity (Wildman–Crippen MR) is 148 cm³/mol. The van der Waals surface area contributed by atoms with Gasteiger partial charge in [-0.2, -0.15) is 0 Å². The number of benzene rings is 1. The van der Waals surface area contributed by atoms with Crippen molar-refractivity contribution in [3.63, 3.8) is 0 Å². The molecular weight excluding hydrogens is 486 g/mol. The van der Waals surface area contributed by atoms with Crippen molar-refractivity contribution in [1.82, 2.24) is 15.5 Å². The summed E-state index contributed by atoms with van der Waals surface area (Å²) in [6.07, 6.45) is 4.55. The van der Waals surface area contributed by atoms with Crippen molar-refractivity contribution in [2.75, 3.05) is 19.7 Å². The molecule has 0 saturated carbocycles. The number of esters is 1. The number of hydrogen-bond acceptors (Lipinski definition) is 6. The third-order valence-corrected chi connectivity index (χ3v) is 5.60. The van der Waals surface area contributed by atoms with Gasteiger partial charge in [-0.1, -0.05) is 57.0 Å². The standard InChI is InChI=1S/C29H45N3O6/c1-8-11-12-13-19-32(27(35)21(4)31-28(36)38-29(5,6)7)25(23-16-14-15-22(9-2)20-23)26(34)30-18-17-24(33)37-10-3/h9,14-16,20-21,25H,2,8,10-13,17-19H2,1,3-7H3,(H,30,34)(H,31,36). The van der Waals surface area contributed by atoms with Crippen molar-refractivity contribution in [1.29, 1.82) is 0 Å². The first-order valence-electron chi connectivity index (χ1n) is 13.4. The van der Waals surface area contributed by atoms with Crippen molar-refractivity contribution >= 4 is 30.0 Å². The van der Waals surface area contributed by atoms with Crippen molar-refractivity contribution in [2.24, 2.45) is 0 Å². The first kappa shape index (κ1) is 32.7. The molecule has 212 valence electrons. The number of ether oxygens (including phenoxy) is 2. The van der Waals surface area contributed by atoms with Gasteiger partial charge in [0, 0.05) is 13.1 Å². The summed E-state index contributed by atoms with van der Waals surface area (Å²) >= 11 is 0. The van der Waals surface area contributed by atoms with Crippen LogP contribution in [0, 0.1) is 0 Å². The lowest BCUT2D eigenvalue weighted by Crippen LogP contribution is -2.52. The van der Waals surface area contributed by atoms with E-state index < -0.39 is 41.6 Å². The van der Waals surface area contributed by atoms with Crippen LogP contribution in [0.4, 0.5) is 4.79 Å². The van der Waals surface area contributed by atoms with Crippen LogP contribution in [0.1, 0.15) is 90.8 Å². The Labute approximate surface area is 227 Å². The molecule has 0 fully saturated rings. The van der Waals surface area contributed by atoms with Gasteiger partial charge in [0.15, 0.2) is 0 Å². The highest BCUT2D eigenvalue weighted by Crippen LogP contribution is 2.25. The average molecular weight is 532 g/mol. The summed E-state index contributed by atoms with van der Waals surface area (Å²) < 4.78 is 10.3. The molecule has 0 radical (unpaired) electrons. The normalized spacial score (nSPS) is 12.6.